The van der Waals surface area contributed by atoms with Crippen LogP contribution in [0.5, 0.6) is 0 Å². The molecule has 1 nitrogen and oxygen atoms in total. The zero-order valence-electron chi connectivity index (χ0n) is 9.86. The molecule has 68 valence electrons. The third kappa shape index (κ3) is 14.1. The number of rotatable bonds is 2. The van der Waals surface area contributed by atoms with Gasteiger partial charge in [-0.15, -0.1) is 13.1 Å². The molecular formula is C10H22KN. The monoisotopic (exact) mass is 195 g/mol. The summed E-state index contributed by atoms with van der Waals surface area (Å²) in [7, 11) is 0. The first-order valence-corrected chi connectivity index (χ1v) is 4.34. The molecule has 0 aromatic heterocycles. The van der Waals surface area contributed by atoms with Gasteiger partial charge in [0.15, 0.2) is 0 Å². The average molecular weight is 195 g/mol. The van der Waals surface area contributed by atoms with Crippen LogP contribution in [0.4, 0.5) is 0 Å². The Morgan fingerprint density at radius 2 is 1.00 bits per heavy atom. The standard InChI is InChI=1S/C10H22N.K/c1-9(2,3)7-11-8-10(4,5)6;/h7-8H2,1-6H3;/q-1;+1. The summed E-state index contributed by atoms with van der Waals surface area (Å²) in [6.45, 7) is 15.3. The average Bonchev–Trinajstić information content (AvgIpc) is 1.55. The molecule has 0 aromatic rings. The van der Waals surface area contributed by atoms with Crippen LogP contribution in [-0.4, -0.2) is 13.1 Å². The molecule has 0 saturated heterocycles. The van der Waals surface area contributed by atoms with Gasteiger partial charge < -0.3 is 5.32 Å². The molecule has 0 atom stereocenters. The van der Waals surface area contributed by atoms with Gasteiger partial charge >= 0.3 is 51.4 Å². The van der Waals surface area contributed by atoms with Crippen LogP contribution in [0.25, 0.3) is 5.32 Å². The van der Waals surface area contributed by atoms with Crippen LogP contribution in [0.15, 0.2) is 0 Å². The molecule has 0 aromatic carbocycles. The Morgan fingerprint density at radius 3 is 1.17 bits per heavy atom. The molecule has 0 radical (unpaired) electrons. The second-order valence-electron chi connectivity index (χ2n) is 5.66. The molecule has 0 amide bonds. The Balaban J connectivity index is 0. The molecule has 0 saturated carbocycles. The van der Waals surface area contributed by atoms with Crippen LogP contribution in [0.3, 0.4) is 0 Å². The van der Waals surface area contributed by atoms with Crippen molar-refractivity contribution in [1.29, 1.82) is 0 Å². The van der Waals surface area contributed by atoms with E-state index < -0.39 is 0 Å². The van der Waals surface area contributed by atoms with Crippen molar-refractivity contribution in [3.63, 3.8) is 0 Å². The zero-order valence-corrected chi connectivity index (χ0v) is 13.0. The van der Waals surface area contributed by atoms with Crippen molar-refractivity contribution >= 4 is 0 Å². The van der Waals surface area contributed by atoms with Gasteiger partial charge in [0.25, 0.3) is 0 Å². The van der Waals surface area contributed by atoms with E-state index >= 15 is 0 Å². The normalized spacial score (nSPS) is 12.5. The van der Waals surface area contributed by atoms with Crippen LogP contribution < -0.4 is 51.4 Å². The van der Waals surface area contributed by atoms with Gasteiger partial charge in [0.05, 0.1) is 0 Å². The third-order valence-electron chi connectivity index (χ3n) is 1.17. The van der Waals surface area contributed by atoms with Crippen LogP contribution in [0, 0.1) is 10.8 Å². The number of hydrogen-bond donors (Lipinski definition) is 0. The van der Waals surface area contributed by atoms with E-state index in [9.17, 15) is 0 Å². The number of hydrogen-bond acceptors (Lipinski definition) is 0. The molecule has 0 bridgehead atoms. The molecule has 0 N–H and O–H groups in total. The summed E-state index contributed by atoms with van der Waals surface area (Å²) >= 11 is 0. The Kier molecular flexibility index (Phi) is 8.22. The molecule has 0 aliphatic rings. The molecular weight excluding hydrogens is 173 g/mol. The molecule has 0 rings (SSSR count). The Bertz CT molecular complexity index is 94.0. The van der Waals surface area contributed by atoms with Crippen LogP contribution in [0.1, 0.15) is 41.5 Å². The second kappa shape index (κ2) is 6.15. The SMILES string of the molecule is CC(C)(C)C[N-]CC(C)(C)C.[K+]. The first-order valence-electron chi connectivity index (χ1n) is 4.34. The van der Waals surface area contributed by atoms with E-state index in [1.165, 1.54) is 0 Å². The van der Waals surface area contributed by atoms with Gasteiger partial charge in [-0.25, -0.2) is 0 Å². The second-order valence-corrected chi connectivity index (χ2v) is 5.66. The van der Waals surface area contributed by atoms with Crippen LogP contribution >= 0.6 is 0 Å². The summed E-state index contributed by atoms with van der Waals surface area (Å²) in [6, 6.07) is 0. The topological polar surface area (TPSA) is 14.1 Å². The quantitative estimate of drug-likeness (QED) is 0.568. The molecule has 0 fully saturated rings. The summed E-state index contributed by atoms with van der Waals surface area (Å²) < 4.78 is 0. The largest absolute Gasteiger partial charge is 1.00 e. The van der Waals surface area contributed by atoms with Gasteiger partial charge in [-0.2, -0.15) is 0 Å². The zero-order chi connectivity index (χ0) is 9.12. The Morgan fingerprint density at radius 1 is 0.750 bits per heavy atom. The van der Waals surface area contributed by atoms with E-state index in [2.05, 4.69) is 46.9 Å². The molecule has 0 aliphatic heterocycles. The molecule has 2 heteroatoms. The van der Waals surface area contributed by atoms with Crippen molar-refractivity contribution in [3.05, 3.63) is 5.32 Å². The van der Waals surface area contributed by atoms with Gasteiger partial charge in [0.1, 0.15) is 0 Å². The van der Waals surface area contributed by atoms with E-state index in [1.54, 1.807) is 0 Å². The maximum absolute atomic E-state index is 4.51. The predicted molar refractivity (Wildman–Crippen MR) is 52.0 cm³/mol. The van der Waals surface area contributed by atoms with Crippen molar-refractivity contribution < 1.29 is 51.4 Å². The predicted octanol–water partition coefficient (Wildman–Crippen LogP) is 0.456. The minimum absolute atomic E-state index is 0. The van der Waals surface area contributed by atoms with E-state index in [4.69, 9.17) is 0 Å². The van der Waals surface area contributed by atoms with Crippen molar-refractivity contribution in [3.8, 4) is 0 Å². The van der Waals surface area contributed by atoms with E-state index in [0.717, 1.165) is 13.1 Å². The minimum Gasteiger partial charge on any atom is -0.661 e. The van der Waals surface area contributed by atoms with Gasteiger partial charge in [-0.1, -0.05) is 52.4 Å². The third-order valence-corrected chi connectivity index (χ3v) is 1.17. The van der Waals surface area contributed by atoms with E-state index in [-0.39, 0.29) is 51.4 Å². The Labute approximate surface area is 120 Å². The fraction of sp³-hybridized carbons (Fsp3) is 1.00. The summed E-state index contributed by atoms with van der Waals surface area (Å²) in [6.07, 6.45) is 0. The van der Waals surface area contributed by atoms with Gasteiger partial charge in [0, 0.05) is 0 Å². The van der Waals surface area contributed by atoms with Crippen molar-refractivity contribution in [1.82, 2.24) is 0 Å². The first-order chi connectivity index (χ1) is 4.71. The summed E-state index contributed by atoms with van der Waals surface area (Å²) in [5, 5.41) is 4.51. The molecule has 0 heterocycles. The molecule has 0 unspecified atom stereocenters. The maximum Gasteiger partial charge on any atom is 1.00 e. The number of nitrogens with zero attached hydrogens (tertiary/aromatic N) is 1. The van der Waals surface area contributed by atoms with Crippen LogP contribution in [-0.2, 0) is 0 Å². The summed E-state index contributed by atoms with van der Waals surface area (Å²) in [4.78, 5) is 0. The molecule has 0 aliphatic carbocycles. The van der Waals surface area contributed by atoms with Gasteiger partial charge in [-0.3, -0.25) is 0 Å². The summed E-state index contributed by atoms with van der Waals surface area (Å²) in [5.74, 6) is 0. The summed E-state index contributed by atoms with van der Waals surface area (Å²) in [5.41, 5.74) is 0.705. The van der Waals surface area contributed by atoms with E-state index in [0.29, 0.717) is 10.8 Å². The van der Waals surface area contributed by atoms with Crippen LogP contribution in [0.2, 0.25) is 0 Å². The fourth-order valence-electron chi connectivity index (χ4n) is 0.727. The van der Waals surface area contributed by atoms with Crippen molar-refractivity contribution in [2.24, 2.45) is 10.8 Å². The smallest absolute Gasteiger partial charge is 0.661 e. The first kappa shape index (κ1) is 16.0. The van der Waals surface area contributed by atoms with E-state index in [1.807, 2.05) is 0 Å². The fourth-order valence-corrected chi connectivity index (χ4v) is 0.727. The van der Waals surface area contributed by atoms with Crippen molar-refractivity contribution in [2.45, 2.75) is 41.5 Å². The molecule has 0 spiro atoms. The molecule has 12 heavy (non-hydrogen) atoms. The van der Waals surface area contributed by atoms with Crippen molar-refractivity contribution in [2.75, 3.05) is 13.1 Å². The Hall–Kier alpha value is 1.60. The van der Waals surface area contributed by atoms with Gasteiger partial charge in [-0.05, 0) is 0 Å². The minimum atomic E-state index is 0. The van der Waals surface area contributed by atoms with Gasteiger partial charge in [0.2, 0.25) is 0 Å². The maximum atomic E-state index is 4.51.